The van der Waals surface area contributed by atoms with Crippen LogP contribution in [0.1, 0.15) is 54.8 Å². The summed E-state index contributed by atoms with van der Waals surface area (Å²) in [6.45, 7) is 4.21. The van der Waals surface area contributed by atoms with Gasteiger partial charge in [0.05, 0.1) is 0 Å². The van der Waals surface area contributed by atoms with E-state index in [9.17, 15) is 0 Å². The third kappa shape index (κ3) is 3.02. The molecular weight excluding hydrogens is 230 g/mol. The van der Waals surface area contributed by atoms with E-state index in [-0.39, 0.29) is 6.04 Å². The molecular formula is C15H22ClN. The van der Waals surface area contributed by atoms with Crippen LogP contribution in [0, 0.1) is 19.8 Å². The molecule has 1 unspecified atom stereocenters. The molecule has 1 nitrogen and oxygen atoms in total. The van der Waals surface area contributed by atoms with Gasteiger partial charge in [-0.2, -0.15) is 0 Å². The Hall–Kier alpha value is -0.530. The Labute approximate surface area is 109 Å². The summed E-state index contributed by atoms with van der Waals surface area (Å²) in [5.74, 6) is 0.808. The smallest absolute Gasteiger partial charge is 0.0456 e. The summed E-state index contributed by atoms with van der Waals surface area (Å²) in [5.41, 5.74) is 9.96. The molecule has 94 valence electrons. The maximum atomic E-state index is 6.31. The van der Waals surface area contributed by atoms with Crippen LogP contribution in [-0.2, 0) is 0 Å². The Bertz CT molecular complexity index is 394. The molecule has 0 aromatic heterocycles. The van der Waals surface area contributed by atoms with Gasteiger partial charge in [-0.25, -0.2) is 0 Å². The first-order chi connectivity index (χ1) is 8.08. The maximum Gasteiger partial charge on any atom is 0.0456 e. The number of hydrogen-bond donors (Lipinski definition) is 1. The van der Waals surface area contributed by atoms with E-state index < -0.39 is 0 Å². The largest absolute Gasteiger partial charge is 0.324 e. The molecule has 0 spiro atoms. The molecule has 0 saturated heterocycles. The van der Waals surface area contributed by atoms with Crippen LogP contribution in [0.5, 0.6) is 0 Å². The third-order valence-electron chi connectivity index (χ3n) is 4.07. The van der Waals surface area contributed by atoms with E-state index in [0.29, 0.717) is 0 Å². The van der Waals surface area contributed by atoms with Gasteiger partial charge in [0.15, 0.2) is 0 Å². The van der Waals surface area contributed by atoms with Gasteiger partial charge in [0, 0.05) is 11.1 Å². The number of benzene rings is 1. The molecule has 0 radical (unpaired) electrons. The van der Waals surface area contributed by atoms with E-state index >= 15 is 0 Å². The van der Waals surface area contributed by atoms with Crippen molar-refractivity contribution in [3.8, 4) is 0 Å². The van der Waals surface area contributed by atoms with Gasteiger partial charge >= 0.3 is 0 Å². The predicted octanol–water partition coefficient (Wildman–Crippen LogP) is 4.54. The number of halogens is 1. The van der Waals surface area contributed by atoms with Gasteiger partial charge < -0.3 is 5.73 Å². The van der Waals surface area contributed by atoms with Crippen LogP contribution in [0.3, 0.4) is 0 Å². The molecule has 1 aromatic carbocycles. The summed E-state index contributed by atoms with van der Waals surface area (Å²) in [6.07, 6.45) is 6.52. The number of hydrogen-bond acceptors (Lipinski definition) is 1. The summed E-state index contributed by atoms with van der Waals surface area (Å²) in [5, 5.41) is 0.832. The quantitative estimate of drug-likeness (QED) is 0.839. The highest BCUT2D eigenvalue weighted by atomic mass is 35.5. The number of aryl methyl sites for hydroxylation is 2. The fourth-order valence-electron chi connectivity index (χ4n) is 2.82. The highest BCUT2D eigenvalue weighted by Gasteiger charge is 2.20. The van der Waals surface area contributed by atoms with E-state index in [0.717, 1.165) is 22.9 Å². The molecule has 1 aromatic rings. The standard InChI is InChI=1S/C15H22ClN/c1-10-7-13(14(16)8-11(10)2)15(17)9-12-5-3-4-6-12/h7-8,12,15H,3-6,9,17H2,1-2H3. The minimum atomic E-state index is 0.102. The van der Waals surface area contributed by atoms with Crippen LogP contribution < -0.4 is 5.73 Å². The van der Waals surface area contributed by atoms with E-state index in [1.165, 1.54) is 36.8 Å². The van der Waals surface area contributed by atoms with Crippen LogP contribution in [0.4, 0.5) is 0 Å². The van der Waals surface area contributed by atoms with E-state index in [4.69, 9.17) is 17.3 Å². The Kier molecular flexibility index (Phi) is 4.11. The zero-order valence-corrected chi connectivity index (χ0v) is 11.6. The monoisotopic (exact) mass is 251 g/mol. The van der Waals surface area contributed by atoms with Crippen LogP contribution in [0.15, 0.2) is 12.1 Å². The van der Waals surface area contributed by atoms with Crippen molar-refractivity contribution in [3.05, 3.63) is 33.8 Å². The lowest BCUT2D eigenvalue weighted by atomic mass is 9.92. The Morgan fingerprint density at radius 1 is 1.24 bits per heavy atom. The van der Waals surface area contributed by atoms with Crippen molar-refractivity contribution < 1.29 is 0 Å². The number of nitrogens with two attached hydrogens (primary N) is 1. The van der Waals surface area contributed by atoms with Crippen molar-refractivity contribution in [2.24, 2.45) is 11.7 Å². The topological polar surface area (TPSA) is 26.0 Å². The van der Waals surface area contributed by atoms with E-state index in [1.54, 1.807) is 0 Å². The van der Waals surface area contributed by atoms with Gasteiger partial charge in [-0.1, -0.05) is 43.4 Å². The molecule has 2 rings (SSSR count). The van der Waals surface area contributed by atoms with E-state index in [1.807, 2.05) is 6.07 Å². The van der Waals surface area contributed by atoms with Gasteiger partial charge in [-0.05, 0) is 48.9 Å². The normalized spacial score (nSPS) is 18.6. The van der Waals surface area contributed by atoms with Gasteiger partial charge in [0.2, 0.25) is 0 Å². The van der Waals surface area contributed by atoms with Crippen LogP contribution >= 0.6 is 11.6 Å². The van der Waals surface area contributed by atoms with Gasteiger partial charge in [-0.3, -0.25) is 0 Å². The second kappa shape index (κ2) is 5.41. The predicted molar refractivity (Wildman–Crippen MR) is 74.4 cm³/mol. The molecule has 1 saturated carbocycles. The molecule has 2 heteroatoms. The molecule has 0 amide bonds. The van der Waals surface area contributed by atoms with Crippen LogP contribution in [0.25, 0.3) is 0 Å². The lowest BCUT2D eigenvalue weighted by Crippen LogP contribution is -2.15. The Morgan fingerprint density at radius 2 is 1.82 bits per heavy atom. The van der Waals surface area contributed by atoms with Crippen LogP contribution in [-0.4, -0.2) is 0 Å². The molecule has 0 bridgehead atoms. The fourth-order valence-corrected chi connectivity index (χ4v) is 3.18. The highest BCUT2D eigenvalue weighted by molar-refractivity contribution is 6.31. The summed E-state index contributed by atoms with van der Waals surface area (Å²) < 4.78 is 0. The highest BCUT2D eigenvalue weighted by Crippen LogP contribution is 2.34. The van der Waals surface area contributed by atoms with Gasteiger partial charge in [0.25, 0.3) is 0 Å². The van der Waals surface area contributed by atoms with Gasteiger partial charge in [-0.15, -0.1) is 0 Å². The maximum absolute atomic E-state index is 6.31. The molecule has 0 heterocycles. The van der Waals surface area contributed by atoms with Crippen molar-refractivity contribution in [3.63, 3.8) is 0 Å². The minimum Gasteiger partial charge on any atom is -0.324 e. The molecule has 17 heavy (non-hydrogen) atoms. The lowest BCUT2D eigenvalue weighted by Gasteiger charge is -2.19. The SMILES string of the molecule is Cc1cc(Cl)c(C(N)CC2CCCC2)cc1C. The van der Waals surface area contributed by atoms with Gasteiger partial charge in [0.1, 0.15) is 0 Å². The summed E-state index contributed by atoms with van der Waals surface area (Å²) in [7, 11) is 0. The first-order valence-electron chi connectivity index (χ1n) is 6.60. The molecule has 0 aliphatic heterocycles. The van der Waals surface area contributed by atoms with Crippen molar-refractivity contribution in [2.45, 2.75) is 52.0 Å². The van der Waals surface area contributed by atoms with Crippen molar-refractivity contribution in [1.29, 1.82) is 0 Å². The molecule has 2 N–H and O–H groups in total. The first-order valence-corrected chi connectivity index (χ1v) is 6.98. The summed E-state index contributed by atoms with van der Waals surface area (Å²) in [4.78, 5) is 0. The average Bonchev–Trinajstić information content (AvgIpc) is 2.76. The molecule has 1 atom stereocenters. The zero-order valence-electron chi connectivity index (χ0n) is 10.8. The fraction of sp³-hybridized carbons (Fsp3) is 0.600. The van der Waals surface area contributed by atoms with Crippen molar-refractivity contribution in [2.75, 3.05) is 0 Å². The minimum absolute atomic E-state index is 0.102. The van der Waals surface area contributed by atoms with E-state index in [2.05, 4.69) is 19.9 Å². The average molecular weight is 252 g/mol. The second-order valence-electron chi connectivity index (χ2n) is 5.45. The molecule has 1 fully saturated rings. The van der Waals surface area contributed by atoms with Crippen LogP contribution in [0.2, 0.25) is 5.02 Å². The Balaban J connectivity index is 2.12. The molecule has 1 aliphatic carbocycles. The van der Waals surface area contributed by atoms with Crippen molar-refractivity contribution >= 4 is 11.6 Å². The zero-order chi connectivity index (χ0) is 12.4. The number of rotatable bonds is 3. The Morgan fingerprint density at radius 3 is 2.47 bits per heavy atom. The van der Waals surface area contributed by atoms with Crippen molar-refractivity contribution in [1.82, 2.24) is 0 Å². The second-order valence-corrected chi connectivity index (χ2v) is 5.86. The summed E-state index contributed by atoms with van der Waals surface area (Å²) in [6, 6.07) is 4.31. The first kappa shape index (κ1) is 12.9. The third-order valence-corrected chi connectivity index (χ3v) is 4.40. The molecule has 1 aliphatic rings. The lowest BCUT2D eigenvalue weighted by molar-refractivity contribution is 0.451. The summed E-state index contributed by atoms with van der Waals surface area (Å²) >= 11 is 6.30.